The van der Waals surface area contributed by atoms with Crippen molar-refractivity contribution in [2.75, 3.05) is 6.61 Å². The number of hydrogen-bond donors (Lipinski definition) is 0. The number of benzene rings is 2. The number of nitrogens with zero attached hydrogens (tertiary/aromatic N) is 2. The van der Waals surface area contributed by atoms with Crippen LogP contribution < -0.4 is 10.4 Å². The molecule has 2 aromatic heterocycles. The number of ether oxygens (including phenoxy) is 2. The fourth-order valence-corrected chi connectivity index (χ4v) is 3.52. The fourth-order valence-electron chi connectivity index (χ4n) is 3.52. The predicted octanol–water partition coefficient (Wildman–Crippen LogP) is 4.32. The van der Waals surface area contributed by atoms with Crippen LogP contribution in [0.2, 0.25) is 0 Å². The molecular formula is C24H18N2O6. The van der Waals surface area contributed by atoms with E-state index in [9.17, 15) is 9.59 Å². The van der Waals surface area contributed by atoms with E-state index < -0.39 is 11.9 Å². The molecule has 0 N–H and O–H groups in total. The van der Waals surface area contributed by atoms with Gasteiger partial charge in [0.25, 0.3) is 6.23 Å². The molecule has 1 aliphatic heterocycles. The number of hydrogen-bond acceptors (Lipinski definition) is 7. The minimum absolute atomic E-state index is 0.0187. The second kappa shape index (κ2) is 8.07. The van der Waals surface area contributed by atoms with Crippen molar-refractivity contribution in [1.82, 2.24) is 5.01 Å². The van der Waals surface area contributed by atoms with E-state index >= 15 is 0 Å². The summed E-state index contributed by atoms with van der Waals surface area (Å²) in [5, 5.41) is 6.18. The van der Waals surface area contributed by atoms with Crippen LogP contribution in [0.5, 0.6) is 5.75 Å². The summed E-state index contributed by atoms with van der Waals surface area (Å²) in [4.78, 5) is 24.0. The third-order valence-electron chi connectivity index (χ3n) is 4.96. The number of amides is 1. The second-order valence-corrected chi connectivity index (χ2v) is 7.13. The van der Waals surface area contributed by atoms with Crippen LogP contribution in [0, 0.1) is 0 Å². The maximum absolute atomic E-state index is 12.1. The van der Waals surface area contributed by atoms with E-state index in [-0.39, 0.29) is 18.4 Å². The van der Waals surface area contributed by atoms with Crippen molar-refractivity contribution in [2.45, 2.75) is 13.2 Å². The van der Waals surface area contributed by atoms with Crippen molar-refractivity contribution in [2.24, 2.45) is 5.10 Å². The Bertz CT molecular complexity index is 1360. The fraction of sp³-hybridized carbons (Fsp3) is 0.125. The topological polar surface area (TPSA) is 94.5 Å². The predicted molar refractivity (Wildman–Crippen MR) is 116 cm³/mol. The van der Waals surface area contributed by atoms with Gasteiger partial charge in [-0.3, -0.25) is 4.79 Å². The molecule has 1 aliphatic rings. The Labute approximate surface area is 182 Å². The molecule has 0 spiro atoms. The normalized spacial score (nSPS) is 15.5. The minimum atomic E-state index is -0.774. The van der Waals surface area contributed by atoms with Gasteiger partial charge in [-0.15, -0.1) is 5.10 Å². The Morgan fingerprint density at radius 3 is 2.69 bits per heavy atom. The maximum atomic E-state index is 12.1. The van der Waals surface area contributed by atoms with E-state index in [1.807, 2.05) is 36.4 Å². The smallest absolute Gasteiger partial charge is 0.336 e. The van der Waals surface area contributed by atoms with E-state index in [0.717, 1.165) is 16.5 Å². The van der Waals surface area contributed by atoms with Gasteiger partial charge in [-0.1, -0.05) is 30.3 Å². The van der Waals surface area contributed by atoms with Gasteiger partial charge >= 0.3 is 5.63 Å². The lowest BCUT2D eigenvalue weighted by Crippen LogP contribution is -2.24. The zero-order chi connectivity index (χ0) is 22.1. The lowest BCUT2D eigenvalue weighted by atomic mass is 10.0. The summed E-state index contributed by atoms with van der Waals surface area (Å²) in [5.41, 5.74) is 1.66. The van der Waals surface area contributed by atoms with Gasteiger partial charge in [-0.2, -0.15) is 5.01 Å². The van der Waals surface area contributed by atoms with E-state index in [1.54, 1.807) is 24.3 Å². The Kier molecular flexibility index (Phi) is 4.95. The number of hydrazone groups is 1. The number of furan rings is 1. The van der Waals surface area contributed by atoms with Crippen LogP contribution in [0.3, 0.4) is 0 Å². The average molecular weight is 430 g/mol. The van der Waals surface area contributed by atoms with E-state index in [4.69, 9.17) is 18.3 Å². The van der Waals surface area contributed by atoms with Crippen molar-refractivity contribution in [3.8, 4) is 16.9 Å². The highest BCUT2D eigenvalue weighted by Gasteiger charge is 2.34. The first-order valence-electron chi connectivity index (χ1n) is 9.92. The van der Waals surface area contributed by atoms with Crippen LogP contribution in [-0.4, -0.2) is 23.4 Å². The summed E-state index contributed by atoms with van der Waals surface area (Å²) in [6.07, 6.45) is 0.724. The monoisotopic (exact) mass is 430 g/mol. The molecule has 5 rings (SSSR count). The molecule has 0 saturated heterocycles. The molecule has 0 fully saturated rings. The Morgan fingerprint density at radius 2 is 1.94 bits per heavy atom. The molecular weight excluding hydrogens is 412 g/mol. The maximum Gasteiger partial charge on any atom is 0.336 e. The number of rotatable bonds is 5. The third-order valence-corrected chi connectivity index (χ3v) is 4.96. The molecule has 0 bridgehead atoms. The SMILES string of the molecule is CC(=O)N1N=C(COc2ccc3c(-c4ccccc4)cc(=O)oc3c2)OC1c1ccco1. The highest BCUT2D eigenvalue weighted by Crippen LogP contribution is 2.31. The third kappa shape index (κ3) is 3.74. The number of carbonyl (C=O) groups is 1. The Hall–Kier alpha value is -4.33. The summed E-state index contributed by atoms with van der Waals surface area (Å²) < 4.78 is 22.3. The largest absolute Gasteiger partial charge is 0.484 e. The standard InChI is InChI=1S/C24H18N2O6/c1-15(27)26-24(20-8-5-11-29-20)32-22(25-26)14-30-17-9-10-18-19(16-6-3-2-4-7-16)13-23(28)31-21(18)12-17/h2-13,24H,14H2,1H3. The van der Waals surface area contributed by atoms with E-state index in [2.05, 4.69) is 5.10 Å². The lowest BCUT2D eigenvalue weighted by molar-refractivity contribution is -0.136. The van der Waals surface area contributed by atoms with Gasteiger partial charge in [0, 0.05) is 24.4 Å². The number of fused-ring (bicyclic) bond motifs is 1. The van der Waals surface area contributed by atoms with Crippen molar-refractivity contribution in [1.29, 1.82) is 0 Å². The van der Waals surface area contributed by atoms with Gasteiger partial charge < -0.3 is 18.3 Å². The average Bonchev–Trinajstić information content (AvgIpc) is 3.47. The van der Waals surface area contributed by atoms with Gasteiger partial charge in [-0.05, 0) is 35.4 Å². The summed E-state index contributed by atoms with van der Waals surface area (Å²) >= 11 is 0. The van der Waals surface area contributed by atoms with E-state index in [1.165, 1.54) is 24.3 Å². The molecule has 1 atom stereocenters. The van der Waals surface area contributed by atoms with Crippen LogP contribution in [0.1, 0.15) is 18.9 Å². The Morgan fingerprint density at radius 1 is 1.09 bits per heavy atom. The minimum Gasteiger partial charge on any atom is -0.484 e. The molecule has 8 heteroatoms. The van der Waals surface area contributed by atoms with Gasteiger partial charge in [0.05, 0.1) is 6.26 Å². The van der Waals surface area contributed by atoms with Gasteiger partial charge in [0.1, 0.15) is 11.3 Å². The van der Waals surface area contributed by atoms with Gasteiger partial charge in [-0.25, -0.2) is 4.79 Å². The van der Waals surface area contributed by atoms with Gasteiger partial charge in [0.15, 0.2) is 12.4 Å². The van der Waals surface area contributed by atoms with Crippen LogP contribution >= 0.6 is 0 Å². The van der Waals surface area contributed by atoms with Gasteiger partial charge in [0.2, 0.25) is 11.8 Å². The van der Waals surface area contributed by atoms with Crippen molar-refractivity contribution >= 4 is 22.8 Å². The Balaban J connectivity index is 1.38. The van der Waals surface area contributed by atoms with Crippen molar-refractivity contribution < 1.29 is 23.1 Å². The number of carbonyl (C=O) groups excluding carboxylic acids is 1. The molecule has 1 unspecified atom stereocenters. The zero-order valence-electron chi connectivity index (χ0n) is 17.1. The van der Waals surface area contributed by atoms with E-state index in [0.29, 0.717) is 17.1 Å². The van der Waals surface area contributed by atoms with Crippen LogP contribution in [0.25, 0.3) is 22.1 Å². The quantitative estimate of drug-likeness (QED) is 0.438. The van der Waals surface area contributed by atoms with Crippen molar-refractivity contribution in [3.05, 3.63) is 89.2 Å². The molecule has 1 amide bonds. The summed E-state index contributed by atoms with van der Waals surface area (Å²) in [6, 6.07) is 19.8. The molecule has 2 aromatic carbocycles. The molecule has 0 saturated carbocycles. The molecule has 3 heterocycles. The summed E-state index contributed by atoms with van der Waals surface area (Å²) in [5.74, 6) is 0.858. The summed E-state index contributed by atoms with van der Waals surface area (Å²) in [6.45, 7) is 1.37. The zero-order valence-corrected chi connectivity index (χ0v) is 17.1. The first-order chi connectivity index (χ1) is 15.6. The van der Waals surface area contributed by atoms with Crippen LogP contribution in [0.15, 0.2) is 91.7 Å². The molecule has 32 heavy (non-hydrogen) atoms. The highest BCUT2D eigenvalue weighted by molar-refractivity contribution is 5.93. The molecule has 0 radical (unpaired) electrons. The summed E-state index contributed by atoms with van der Waals surface area (Å²) in [7, 11) is 0. The lowest BCUT2D eigenvalue weighted by Gasteiger charge is -2.16. The second-order valence-electron chi connectivity index (χ2n) is 7.13. The van der Waals surface area contributed by atoms with Crippen LogP contribution in [-0.2, 0) is 9.53 Å². The first-order valence-corrected chi connectivity index (χ1v) is 9.92. The molecule has 160 valence electrons. The highest BCUT2D eigenvalue weighted by atomic mass is 16.6. The molecule has 4 aromatic rings. The molecule has 8 nitrogen and oxygen atoms in total. The molecule has 0 aliphatic carbocycles. The van der Waals surface area contributed by atoms with Crippen molar-refractivity contribution in [3.63, 3.8) is 0 Å². The first kappa shape index (κ1) is 19.6. The van der Waals surface area contributed by atoms with Crippen LogP contribution in [0.4, 0.5) is 0 Å².